The number of thioether (sulfide) groups is 1. The molecule has 2 aromatic rings. The maximum absolute atomic E-state index is 12.8. The predicted molar refractivity (Wildman–Crippen MR) is 98.2 cm³/mol. The lowest BCUT2D eigenvalue weighted by atomic mass is 10.2. The van der Waals surface area contributed by atoms with E-state index in [2.05, 4.69) is 10.6 Å². The summed E-state index contributed by atoms with van der Waals surface area (Å²) in [5.41, 5.74) is 0.879. The van der Waals surface area contributed by atoms with E-state index in [0.29, 0.717) is 12.3 Å². The highest BCUT2D eigenvalue weighted by atomic mass is 32.2. The quantitative estimate of drug-likeness (QED) is 0.670. The predicted octanol–water partition coefficient (Wildman–Crippen LogP) is 2.69. The van der Waals surface area contributed by atoms with E-state index >= 15 is 0 Å². The van der Waals surface area contributed by atoms with E-state index in [0.717, 1.165) is 10.4 Å². The van der Waals surface area contributed by atoms with Crippen molar-refractivity contribution in [3.8, 4) is 0 Å². The van der Waals surface area contributed by atoms with Crippen molar-refractivity contribution in [2.24, 2.45) is 0 Å². The van der Waals surface area contributed by atoms with Crippen LogP contribution in [0.5, 0.6) is 0 Å². The topological polar surface area (TPSA) is 84.5 Å². The molecule has 0 bridgehead atoms. The van der Waals surface area contributed by atoms with Gasteiger partial charge in [0.2, 0.25) is 0 Å². The molecule has 2 rings (SSSR count). The molecule has 1 aromatic heterocycles. The fourth-order valence-electron chi connectivity index (χ4n) is 1.81. The summed E-state index contributed by atoms with van der Waals surface area (Å²) in [6.45, 7) is -0.209. The highest BCUT2D eigenvalue weighted by Crippen LogP contribution is 2.13. The first-order valence-corrected chi connectivity index (χ1v) is 9.64. The van der Waals surface area contributed by atoms with Gasteiger partial charge in [-0.05, 0) is 29.1 Å². The van der Waals surface area contributed by atoms with Gasteiger partial charge in [-0.2, -0.15) is 0 Å². The van der Waals surface area contributed by atoms with E-state index in [1.807, 2.05) is 17.5 Å². The van der Waals surface area contributed by atoms with Gasteiger partial charge in [0.15, 0.2) is 6.61 Å². The van der Waals surface area contributed by atoms with E-state index in [4.69, 9.17) is 4.74 Å². The van der Waals surface area contributed by atoms with Crippen molar-refractivity contribution >= 4 is 41.0 Å². The number of benzene rings is 1. The fourth-order valence-corrected chi connectivity index (χ4v) is 3.23. The molecule has 2 N–H and O–H groups in total. The lowest BCUT2D eigenvalue weighted by molar-refractivity contribution is -0.145. The SMILES string of the molecule is O=C(COC(=O)CSCc1ccc(F)cc1)NC(=O)NCc1cccs1. The highest BCUT2D eigenvalue weighted by molar-refractivity contribution is 7.99. The molecular formula is C17H17FN2O4S2. The number of carbonyl (C=O) groups is 3. The summed E-state index contributed by atoms with van der Waals surface area (Å²) < 4.78 is 17.6. The van der Waals surface area contributed by atoms with Gasteiger partial charge in [0.25, 0.3) is 5.91 Å². The zero-order valence-electron chi connectivity index (χ0n) is 13.7. The van der Waals surface area contributed by atoms with Crippen LogP contribution in [0, 0.1) is 5.82 Å². The van der Waals surface area contributed by atoms with E-state index in [1.54, 1.807) is 12.1 Å². The number of imide groups is 1. The molecule has 0 spiro atoms. The molecule has 0 aliphatic rings. The molecule has 1 heterocycles. The third-order valence-electron chi connectivity index (χ3n) is 3.02. The van der Waals surface area contributed by atoms with E-state index in [1.165, 1.54) is 35.2 Å². The molecule has 0 atom stereocenters. The highest BCUT2D eigenvalue weighted by Gasteiger charge is 2.11. The van der Waals surface area contributed by atoms with Crippen LogP contribution >= 0.6 is 23.1 Å². The summed E-state index contributed by atoms with van der Waals surface area (Å²) in [7, 11) is 0. The molecule has 1 aromatic carbocycles. The van der Waals surface area contributed by atoms with Crippen LogP contribution in [0.15, 0.2) is 41.8 Å². The number of thiophene rings is 1. The Labute approximate surface area is 158 Å². The number of halogens is 1. The maximum Gasteiger partial charge on any atom is 0.321 e. The van der Waals surface area contributed by atoms with Gasteiger partial charge in [-0.1, -0.05) is 18.2 Å². The van der Waals surface area contributed by atoms with Crippen molar-refractivity contribution in [1.82, 2.24) is 10.6 Å². The molecule has 0 saturated carbocycles. The Morgan fingerprint density at radius 3 is 2.62 bits per heavy atom. The molecule has 0 radical (unpaired) electrons. The summed E-state index contributed by atoms with van der Waals surface area (Å²) in [5.74, 6) is -1.01. The van der Waals surface area contributed by atoms with Crippen LogP contribution in [0.25, 0.3) is 0 Å². The molecule has 3 amide bonds. The van der Waals surface area contributed by atoms with E-state index < -0.39 is 24.5 Å². The summed E-state index contributed by atoms with van der Waals surface area (Å²) >= 11 is 2.77. The number of rotatable bonds is 8. The molecular weight excluding hydrogens is 379 g/mol. The molecule has 6 nitrogen and oxygen atoms in total. The Morgan fingerprint density at radius 1 is 1.15 bits per heavy atom. The number of hydrogen-bond donors (Lipinski definition) is 2. The second-order valence-corrected chi connectivity index (χ2v) is 7.11. The molecule has 0 aliphatic heterocycles. The number of nitrogens with one attached hydrogen (secondary N) is 2. The van der Waals surface area contributed by atoms with E-state index in [-0.39, 0.29) is 11.6 Å². The lowest BCUT2D eigenvalue weighted by Gasteiger charge is -2.07. The Balaban J connectivity index is 1.56. The number of amides is 3. The van der Waals surface area contributed by atoms with Crippen molar-refractivity contribution in [2.75, 3.05) is 12.4 Å². The zero-order chi connectivity index (χ0) is 18.8. The molecule has 0 fully saturated rings. The summed E-state index contributed by atoms with van der Waals surface area (Å²) in [6.07, 6.45) is 0. The van der Waals surface area contributed by atoms with Crippen molar-refractivity contribution in [3.05, 3.63) is 58.0 Å². The molecule has 0 saturated heterocycles. The minimum Gasteiger partial charge on any atom is -0.455 e. The summed E-state index contributed by atoms with van der Waals surface area (Å²) in [4.78, 5) is 35.6. The first-order chi connectivity index (χ1) is 12.5. The van der Waals surface area contributed by atoms with Gasteiger partial charge in [-0.25, -0.2) is 9.18 Å². The van der Waals surface area contributed by atoms with Crippen LogP contribution < -0.4 is 10.6 Å². The van der Waals surface area contributed by atoms with Crippen LogP contribution in [0.3, 0.4) is 0 Å². The lowest BCUT2D eigenvalue weighted by Crippen LogP contribution is -2.41. The molecule has 26 heavy (non-hydrogen) atoms. The van der Waals surface area contributed by atoms with Crippen LogP contribution in [0.4, 0.5) is 9.18 Å². The van der Waals surface area contributed by atoms with Gasteiger partial charge in [-0.3, -0.25) is 14.9 Å². The molecule has 0 aliphatic carbocycles. The van der Waals surface area contributed by atoms with Crippen LogP contribution in [-0.2, 0) is 26.6 Å². The Hall–Kier alpha value is -2.39. The third-order valence-corrected chi connectivity index (χ3v) is 4.88. The number of esters is 1. The van der Waals surface area contributed by atoms with Crippen molar-refractivity contribution in [3.63, 3.8) is 0 Å². The Morgan fingerprint density at radius 2 is 1.92 bits per heavy atom. The normalized spacial score (nSPS) is 10.2. The number of hydrogen-bond acceptors (Lipinski definition) is 6. The smallest absolute Gasteiger partial charge is 0.321 e. The minimum atomic E-state index is -0.703. The average Bonchev–Trinajstić information content (AvgIpc) is 3.13. The number of carbonyl (C=O) groups excluding carboxylic acids is 3. The molecule has 138 valence electrons. The fraction of sp³-hybridized carbons (Fsp3) is 0.235. The Bertz CT molecular complexity index is 736. The van der Waals surface area contributed by atoms with Crippen LogP contribution in [0.1, 0.15) is 10.4 Å². The maximum atomic E-state index is 12.8. The van der Waals surface area contributed by atoms with Crippen LogP contribution in [0.2, 0.25) is 0 Å². The van der Waals surface area contributed by atoms with Gasteiger partial charge < -0.3 is 10.1 Å². The summed E-state index contributed by atoms with van der Waals surface area (Å²) in [5, 5.41) is 6.49. The first kappa shape index (κ1) is 19.9. The second-order valence-electron chi connectivity index (χ2n) is 5.09. The number of urea groups is 1. The van der Waals surface area contributed by atoms with E-state index in [9.17, 15) is 18.8 Å². The average molecular weight is 396 g/mol. The second kappa shape index (κ2) is 10.6. The van der Waals surface area contributed by atoms with Crippen molar-refractivity contribution in [2.45, 2.75) is 12.3 Å². The monoisotopic (exact) mass is 396 g/mol. The molecule has 9 heteroatoms. The van der Waals surface area contributed by atoms with Crippen LogP contribution in [-0.4, -0.2) is 30.3 Å². The largest absolute Gasteiger partial charge is 0.455 e. The number of ether oxygens (including phenoxy) is 1. The van der Waals surface area contributed by atoms with Gasteiger partial charge in [0.05, 0.1) is 12.3 Å². The van der Waals surface area contributed by atoms with Crippen molar-refractivity contribution in [1.29, 1.82) is 0 Å². The van der Waals surface area contributed by atoms with Gasteiger partial charge in [0, 0.05) is 10.6 Å². The summed E-state index contributed by atoms with van der Waals surface area (Å²) in [6, 6.07) is 9.04. The van der Waals surface area contributed by atoms with Gasteiger partial charge in [0.1, 0.15) is 5.82 Å². The zero-order valence-corrected chi connectivity index (χ0v) is 15.3. The van der Waals surface area contributed by atoms with Gasteiger partial charge >= 0.3 is 12.0 Å². The first-order valence-electron chi connectivity index (χ1n) is 7.61. The standard InChI is InChI=1S/C17H17FN2O4S2/c18-13-5-3-12(4-6-13)10-25-11-16(22)24-9-15(21)20-17(23)19-8-14-2-1-7-26-14/h1-7H,8-11H2,(H2,19,20,21,23). The van der Waals surface area contributed by atoms with Crippen molar-refractivity contribution < 1.29 is 23.5 Å². The Kier molecular flexibility index (Phi) is 8.10. The minimum absolute atomic E-state index is 0.0508. The third kappa shape index (κ3) is 7.66. The van der Waals surface area contributed by atoms with Gasteiger partial charge in [-0.15, -0.1) is 23.1 Å². The molecule has 0 unspecified atom stereocenters.